The Kier molecular flexibility index (Phi) is 3.59. The highest BCUT2D eigenvalue weighted by atomic mass is 32.2. The Bertz CT molecular complexity index is 753. The summed E-state index contributed by atoms with van der Waals surface area (Å²) in [7, 11) is -1.76. The van der Waals surface area contributed by atoms with Crippen LogP contribution >= 0.6 is 0 Å². The van der Waals surface area contributed by atoms with Crippen LogP contribution in [0.3, 0.4) is 0 Å². The van der Waals surface area contributed by atoms with Crippen LogP contribution in [0.5, 0.6) is 5.75 Å². The smallest absolute Gasteiger partial charge is 0.260 e. The van der Waals surface area contributed by atoms with Crippen molar-refractivity contribution in [2.24, 2.45) is 0 Å². The van der Waals surface area contributed by atoms with Crippen LogP contribution in [-0.2, 0) is 19.6 Å². The number of rotatable bonds is 3. The number of carbonyl (C=O) groups is 1. The Labute approximate surface area is 141 Å². The number of morpholine rings is 1. The van der Waals surface area contributed by atoms with E-state index in [1.807, 2.05) is 18.2 Å². The molecular formula is C16H20N2O5S. The molecule has 3 saturated heterocycles. The second-order valence-corrected chi connectivity index (χ2v) is 8.93. The van der Waals surface area contributed by atoms with Crippen molar-refractivity contribution in [1.82, 2.24) is 9.21 Å². The first-order valence-corrected chi connectivity index (χ1v) is 9.50. The van der Waals surface area contributed by atoms with Crippen molar-refractivity contribution in [2.75, 3.05) is 33.3 Å². The number of hydrogen-bond acceptors (Lipinski definition) is 5. The molecule has 8 heteroatoms. The first-order valence-electron chi connectivity index (χ1n) is 7.99. The van der Waals surface area contributed by atoms with Crippen LogP contribution in [0.25, 0.3) is 0 Å². The van der Waals surface area contributed by atoms with Gasteiger partial charge < -0.3 is 14.4 Å². The second-order valence-electron chi connectivity index (χ2n) is 6.71. The molecule has 0 aliphatic carbocycles. The van der Waals surface area contributed by atoms with E-state index < -0.39 is 20.9 Å². The van der Waals surface area contributed by atoms with Gasteiger partial charge in [0.05, 0.1) is 12.6 Å². The van der Waals surface area contributed by atoms with Gasteiger partial charge >= 0.3 is 0 Å². The number of carbonyl (C=O) groups excluding carboxylic acids is 1. The molecule has 130 valence electrons. The van der Waals surface area contributed by atoms with E-state index in [1.165, 1.54) is 4.31 Å². The number of likely N-dealkylation sites (tertiary alicyclic amines) is 1. The molecule has 0 N–H and O–H groups in total. The zero-order chi connectivity index (χ0) is 16.9. The zero-order valence-corrected chi connectivity index (χ0v) is 14.2. The second kappa shape index (κ2) is 5.44. The molecule has 0 radical (unpaired) electrons. The highest BCUT2D eigenvalue weighted by Crippen LogP contribution is 2.45. The van der Waals surface area contributed by atoms with Gasteiger partial charge in [-0.3, -0.25) is 4.79 Å². The monoisotopic (exact) mass is 352 g/mol. The van der Waals surface area contributed by atoms with Crippen molar-refractivity contribution < 1.29 is 22.7 Å². The van der Waals surface area contributed by atoms with Crippen molar-refractivity contribution in [3.8, 4) is 5.75 Å². The van der Waals surface area contributed by atoms with Crippen LogP contribution in [0.4, 0.5) is 0 Å². The Hall–Kier alpha value is -1.64. The first kappa shape index (κ1) is 15.9. The Morgan fingerprint density at radius 2 is 2.08 bits per heavy atom. The lowest BCUT2D eigenvalue weighted by Crippen LogP contribution is -2.57. The normalized spacial score (nSPS) is 34.1. The van der Waals surface area contributed by atoms with Gasteiger partial charge in [-0.15, -0.1) is 0 Å². The molecule has 0 aromatic heterocycles. The summed E-state index contributed by atoms with van der Waals surface area (Å²) in [4.78, 5) is 14.2. The van der Waals surface area contributed by atoms with Crippen molar-refractivity contribution in [2.45, 2.75) is 23.4 Å². The van der Waals surface area contributed by atoms with Gasteiger partial charge in [0, 0.05) is 20.1 Å². The fourth-order valence-electron chi connectivity index (χ4n) is 4.00. The van der Waals surface area contributed by atoms with Crippen molar-refractivity contribution in [3.63, 3.8) is 0 Å². The quantitative estimate of drug-likeness (QED) is 0.770. The van der Waals surface area contributed by atoms with Gasteiger partial charge in [0.2, 0.25) is 10.0 Å². The maximum absolute atomic E-state index is 12.5. The summed E-state index contributed by atoms with van der Waals surface area (Å²) in [6.45, 7) is 0.975. The summed E-state index contributed by atoms with van der Waals surface area (Å²) in [6, 6.07) is 9.16. The molecule has 3 aliphatic heterocycles. The summed E-state index contributed by atoms with van der Waals surface area (Å²) < 4.78 is 37.7. The molecule has 24 heavy (non-hydrogen) atoms. The standard InChI is InChI=1S/C16H20N2O5S/c1-17-10-16-11-18(8-13(23-16)7-14(16)24(17,20)21)15(19)9-22-12-5-3-2-4-6-12/h2-6,13-14H,7-11H2,1H3/t13-,14-,16+/m1/s1. The molecule has 3 atom stereocenters. The molecular weight excluding hydrogens is 332 g/mol. The lowest BCUT2D eigenvalue weighted by Gasteiger charge is -2.39. The van der Waals surface area contributed by atoms with E-state index in [4.69, 9.17) is 9.47 Å². The average Bonchev–Trinajstić information content (AvgIpc) is 2.92. The van der Waals surface area contributed by atoms with Gasteiger partial charge in [0.25, 0.3) is 5.91 Å². The number of amides is 1. The van der Waals surface area contributed by atoms with Crippen molar-refractivity contribution >= 4 is 15.9 Å². The van der Waals surface area contributed by atoms with Crippen molar-refractivity contribution in [3.05, 3.63) is 30.3 Å². The number of sulfonamides is 1. The van der Waals surface area contributed by atoms with E-state index in [1.54, 1.807) is 24.1 Å². The molecule has 2 bridgehead atoms. The number of benzene rings is 1. The molecule has 0 saturated carbocycles. The highest BCUT2D eigenvalue weighted by Gasteiger charge is 2.64. The van der Waals surface area contributed by atoms with Crippen LogP contribution in [0.15, 0.2) is 30.3 Å². The summed E-state index contributed by atoms with van der Waals surface area (Å²) >= 11 is 0. The van der Waals surface area contributed by atoms with Gasteiger partial charge in [0.15, 0.2) is 6.61 Å². The lowest BCUT2D eigenvalue weighted by atomic mass is 9.99. The molecule has 3 aliphatic rings. The minimum absolute atomic E-state index is 0.0555. The van der Waals surface area contributed by atoms with Crippen LogP contribution in [0, 0.1) is 0 Å². The van der Waals surface area contributed by atoms with Gasteiger partial charge in [-0.05, 0) is 18.6 Å². The largest absolute Gasteiger partial charge is 0.484 e. The summed E-state index contributed by atoms with van der Waals surface area (Å²) in [6.07, 6.45) is 0.239. The summed E-state index contributed by atoms with van der Waals surface area (Å²) in [5.41, 5.74) is -0.793. The Morgan fingerprint density at radius 3 is 2.83 bits per heavy atom. The first-order chi connectivity index (χ1) is 11.4. The molecule has 1 amide bonds. The number of nitrogens with zero attached hydrogens (tertiary/aromatic N) is 2. The molecule has 3 heterocycles. The molecule has 4 rings (SSSR count). The third kappa shape index (κ3) is 2.40. The van der Waals surface area contributed by atoms with Crippen LogP contribution < -0.4 is 4.74 Å². The predicted octanol–water partition coefficient (Wildman–Crippen LogP) is 0.0791. The predicted molar refractivity (Wildman–Crippen MR) is 86.1 cm³/mol. The van der Waals surface area contributed by atoms with Gasteiger partial charge in [-0.1, -0.05) is 18.2 Å². The highest BCUT2D eigenvalue weighted by molar-refractivity contribution is 7.90. The molecule has 7 nitrogen and oxygen atoms in total. The van der Waals surface area contributed by atoms with Gasteiger partial charge in [0.1, 0.15) is 16.6 Å². The van der Waals surface area contributed by atoms with Crippen LogP contribution in [-0.4, -0.2) is 73.8 Å². The van der Waals surface area contributed by atoms with Crippen LogP contribution in [0.1, 0.15) is 6.42 Å². The maximum atomic E-state index is 12.5. The van der Waals surface area contributed by atoms with Crippen LogP contribution in [0.2, 0.25) is 0 Å². The molecule has 1 aromatic rings. The number of likely N-dealkylation sites (N-methyl/N-ethyl adjacent to an activating group) is 1. The fraction of sp³-hybridized carbons (Fsp3) is 0.562. The number of hydrogen-bond donors (Lipinski definition) is 0. The zero-order valence-electron chi connectivity index (χ0n) is 13.4. The SMILES string of the molecule is CN1C[C@]23CN(C(=O)COc4ccccc4)C[C@@H](C[C@H]2S1(=O)=O)O3. The fourth-order valence-corrected chi connectivity index (χ4v) is 6.04. The van der Waals surface area contributed by atoms with Gasteiger partial charge in [-0.2, -0.15) is 0 Å². The van der Waals surface area contributed by atoms with E-state index in [-0.39, 0.29) is 18.6 Å². The molecule has 1 spiro atoms. The Balaban J connectivity index is 1.46. The minimum atomic E-state index is -3.33. The molecule has 1 aromatic carbocycles. The molecule has 0 unspecified atom stereocenters. The molecule has 3 fully saturated rings. The van der Waals surface area contributed by atoms with E-state index in [0.717, 1.165) is 0 Å². The topological polar surface area (TPSA) is 76.2 Å². The number of fused-ring (bicyclic) bond motifs is 1. The van der Waals surface area contributed by atoms with Gasteiger partial charge in [-0.25, -0.2) is 12.7 Å². The van der Waals surface area contributed by atoms with Crippen molar-refractivity contribution in [1.29, 1.82) is 0 Å². The Morgan fingerprint density at radius 1 is 1.33 bits per heavy atom. The third-order valence-corrected chi connectivity index (χ3v) is 7.43. The summed E-state index contributed by atoms with van der Waals surface area (Å²) in [5.74, 6) is 0.500. The third-order valence-electron chi connectivity index (χ3n) is 5.09. The maximum Gasteiger partial charge on any atom is 0.260 e. The van der Waals surface area contributed by atoms with E-state index in [2.05, 4.69) is 0 Å². The van der Waals surface area contributed by atoms with E-state index in [9.17, 15) is 13.2 Å². The number of para-hydroxylation sites is 1. The number of ether oxygens (including phenoxy) is 2. The van der Waals surface area contributed by atoms with E-state index in [0.29, 0.717) is 31.8 Å². The minimum Gasteiger partial charge on any atom is -0.484 e. The average molecular weight is 352 g/mol. The van der Waals surface area contributed by atoms with E-state index >= 15 is 0 Å². The summed E-state index contributed by atoms with van der Waals surface area (Å²) in [5, 5.41) is -0.548. The lowest BCUT2D eigenvalue weighted by molar-refractivity contribution is -0.152.